The summed E-state index contributed by atoms with van der Waals surface area (Å²) in [6, 6.07) is 0. The molecule has 0 aliphatic carbocycles. The van der Waals surface area contributed by atoms with Gasteiger partial charge in [0.2, 0.25) is 0 Å². The molecule has 1 aliphatic rings. The van der Waals surface area contributed by atoms with E-state index in [-0.39, 0.29) is 31.4 Å². The topological polar surface area (TPSA) is 72.9 Å². The third-order valence-corrected chi connectivity index (χ3v) is 2.71. The molecule has 0 aromatic heterocycles. The summed E-state index contributed by atoms with van der Waals surface area (Å²) < 4.78 is 10.3. The lowest BCUT2D eigenvalue weighted by molar-refractivity contribution is -0.157. The van der Waals surface area contributed by atoms with Crippen molar-refractivity contribution < 1.29 is 23.9 Å². The number of Topliss-reactive ketones (excluding diaryl/α,β-unsaturated/α-hetero) is 1. The van der Waals surface area contributed by atoms with Crippen LogP contribution in [0.15, 0.2) is 0 Å². The molecular formula is C14H23NO5. The van der Waals surface area contributed by atoms with Gasteiger partial charge in [-0.25, -0.2) is 4.79 Å². The van der Waals surface area contributed by atoms with Crippen molar-refractivity contribution in [3.05, 3.63) is 0 Å². The van der Waals surface area contributed by atoms with E-state index < -0.39 is 23.6 Å². The van der Waals surface area contributed by atoms with Crippen molar-refractivity contribution in [2.75, 3.05) is 13.1 Å². The van der Waals surface area contributed by atoms with Crippen molar-refractivity contribution >= 4 is 17.8 Å². The molecule has 0 aromatic rings. The average Bonchev–Trinajstić information content (AvgIpc) is 2.25. The van der Waals surface area contributed by atoms with Crippen LogP contribution in [0.3, 0.4) is 0 Å². The summed E-state index contributed by atoms with van der Waals surface area (Å²) in [5, 5.41) is 0. The van der Waals surface area contributed by atoms with Crippen molar-refractivity contribution in [2.24, 2.45) is 5.92 Å². The molecule has 1 atom stereocenters. The molecule has 6 heteroatoms. The predicted octanol–water partition coefficient (Wildman–Crippen LogP) is 1.76. The predicted molar refractivity (Wildman–Crippen MR) is 72.1 cm³/mol. The number of ether oxygens (including phenoxy) is 2. The van der Waals surface area contributed by atoms with Gasteiger partial charge in [-0.3, -0.25) is 9.59 Å². The van der Waals surface area contributed by atoms with E-state index in [1.165, 1.54) is 4.90 Å². The Morgan fingerprint density at radius 1 is 1.30 bits per heavy atom. The number of rotatable bonds is 2. The maximum absolute atomic E-state index is 12.0. The second-order valence-corrected chi connectivity index (χ2v) is 6.18. The van der Waals surface area contributed by atoms with Crippen LogP contribution in [0.1, 0.15) is 41.0 Å². The minimum Gasteiger partial charge on any atom is -0.462 e. The highest BCUT2D eigenvalue weighted by Gasteiger charge is 2.37. The molecule has 1 heterocycles. The largest absolute Gasteiger partial charge is 0.462 e. The number of hydrogen-bond donors (Lipinski definition) is 0. The fraction of sp³-hybridized carbons (Fsp3) is 0.786. The van der Waals surface area contributed by atoms with E-state index in [1.807, 2.05) is 0 Å². The Bertz CT molecular complexity index is 397. The lowest BCUT2D eigenvalue weighted by atomic mass is 9.97. The van der Waals surface area contributed by atoms with Crippen LogP contribution < -0.4 is 0 Å². The summed E-state index contributed by atoms with van der Waals surface area (Å²) in [4.78, 5) is 37.0. The van der Waals surface area contributed by atoms with Gasteiger partial charge in [-0.05, 0) is 34.6 Å². The normalized spacial score (nSPS) is 20.0. The summed E-state index contributed by atoms with van der Waals surface area (Å²) >= 11 is 0. The number of carbonyl (C=O) groups is 3. The minimum atomic E-state index is -0.904. The Balaban J connectivity index is 2.68. The molecule has 0 radical (unpaired) electrons. The molecule has 1 saturated heterocycles. The summed E-state index contributed by atoms with van der Waals surface area (Å²) in [7, 11) is 0. The van der Waals surface area contributed by atoms with Crippen LogP contribution in [-0.2, 0) is 19.1 Å². The summed E-state index contributed by atoms with van der Waals surface area (Å²) in [6.07, 6.45) is -0.642. The third kappa shape index (κ3) is 4.83. The first-order chi connectivity index (χ1) is 9.10. The fourth-order valence-electron chi connectivity index (χ4n) is 1.85. The van der Waals surface area contributed by atoms with Gasteiger partial charge in [-0.15, -0.1) is 0 Å². The highest BCUT2D eigenvalue weighted by atomic mass is 16.6. The lowest BCUT2D eigenvalue weighted by Gasteiger charge is -2.32. The third-order valence-electron chi connectivity index (χ3n) is 2.71. The maximum atomic E-state index is 12.0. The molecular weight excluding hydrogens is 262 g/mol. The van der Waals surface area contributed by atoms with Crippen molar-refractivity contribution in [1.82, 2.24) is 4.90 Å². The van der Waals surface area contributed by atoms with Crippen molar-refractivity contribution in [2.45, 2.75) is 52.7 Å². The Morgan fingerprint density at radius 3 is 2.40 bits per heavy atom. The standard InChI is InChI=1S/C14H23NO5/c1-9(2)19-12(17)10-8-15(7-6-11(10)16)13(18)20-14(3,4)5/h9-10H,6-8H2,1-5H3. The average molecular weight is 285 g/mol. The molecule has 1 aliphatic heterocycles. The monoisotopic (exact) mass is 285 g/mol. The molecule has 1 amide bonds. The molecule has 0 aromatic carbocycles. The van der Waals surface area contributed by atoms with Gasteiger partial charge in [0.05, 0.1) is 6.10 Å². The second-order valence-electron chi connectivity index (χ2n) is 6.18. The quantitative estimate of drug-likeness (QED) is 0.571. The van der Waals surface area contributed by atoms with E-state index in [0.29, 0.717) is 0 Å². The molecule has 114 valence electrons. The van der Waals surface area contributed by atoms with E-state index in [4.69, 9.17) is 9.47 Å². The van der Waals surface area contributed by atoms with Crippen molar-refractivity contribution in [3.63, 3.8) is 0 Å². The van der Waals surface area contributed by atoms with Crippen molar-refractivity contribution in [3.8, 4) is 0 Å². The Labute approximate surface area is 119 Å². The molecule has 0 bridgehead atoms. The van der Waals surface area contributed by atoms with E-state index in [2.05, 4.69) is 0 Å². The van der Waals surface area contributed by atoms with E-state index in [9.17, 15) is 14.4 Å². The number of carbonyl (C=O) groups excluding carboxylic acids is 3. The zero-order chi connectivity index (χ0) is 15.5. The van der Waals surface area contributed by atoms with E-state index in [0.717, 1.165) is 0 Å². The first-order valence-corrected chi connectivity index (χ1v) is 6.81. The van der Waals surface area contributed by atoms with Gasteiger partial charge in [0, 0.05) is 19.5 Å². The van der Waals surface area contributed by atoms with Gasteiger partial charge in [-0.1, -0.05) is 0 Å². The molecule has 20 heavy (non-hydrogen) atoms. The number of nitrogens with zero attached hydrogens (tertiary/aromatic N) is 1. The molecule has 1 rings (SSSR count). The fourth-order valence-corrected chi connectivity index (χ4v) is 1.85. The molecule has 1 fully saturated rings. The number of likely N-dealkylation sites (tertiary alicyclic amines) is 1. The van der Waals surface area contributed by atoms with E-state index >= 15 is 0 Å². The van der Waals surface area contributed by atoms with Crippen LogP contribution in [-0.4, -0.2) is 47.5 Å². The Hall–Kier alpha value is -1.59. The van der Waals surface area contributed by atoms with E-state index in [1.54, 1.807) is 34.6 Å². The Morgan fingerprint density at radius 2 is 1.90 bits per heavy atom. The van der Waals surface area contributed by atoms with Crippen LogP contribution in [0.25, 0.3) is 0 Å². The summed E-state index contributed by atoms with van der Waals surface area (Å²) in [5.41, 5.74) is -0.605. The smallest absolute Gasteiger partial charge is 0.410 e. The maximum Gasteiger partial charge on any atom is 0.410 e. The van der Waals surface area contributed by atoms with Gasteiger partial charge in [-0.2, -0.15) is 0 Å². The van der Waals surface area contributed by atoms with Crippen LogP contribution in [0.4, 0.5) is 4.79 Å². The highest BCUT2D eigenvalue weighted by Crippen LogP contribution is 2.18. The van der Waals surface area contributed by atoms with Gasteiger partial charge in [0.1, 0.15) is 11.5 Å². The summed E-state index contributed by atoms with van der Waals surface area (Å²) in [6.45, 7) is 9.05. The molecule has 1 unspecified atom stereocenters. The van der Waals surface area contributed by atoms with Gasteiger partial charge in [0.25, 0.3) is 0 Å². The minimum absolute atomic E-state index is 0.0271. The lowest BCUT2D eigenvalue weighted by Crippen LogP contribution is -2.49. The summed E-state index contributed by atoms with van der Waals surface area (Å²) in [5.74, 6) is -1.66. The Kier molecular flexibility index (Phi) is 5.14. The zero-order valence-corrected chi connectivity index (χ0v) is 12.8. The highest BCUT2D eigenvalue weighted by molar-refractivity contribution is 6.00. The molecule has 0 saturated carbocycles. The van der Waals surface area contributed by atoms with Crippen molar-refractivity contribution in [1.29, 1.82) is 0 Å². The number of piperidine rings is 1. The zero-order valence-electron chi connectivity index (χ0n) is 12.8. The first kappa shape index (κ1) is 16.5. The number of ketones is 1. The number of hydrogen-bond acceptors (Lipinski definition) is 5. The molecule has 0 spiro atoms. The number of esters is 1. The van der Waals surface area contributed by atoms with Gasteiger partial charge < -0.3 is 14.4 Å². The van der Waals surface area contributed by atoms with Crippen LogP contribution in [0.5, 0.6) is 0 Å². The van der Waals surface area contributed by atoms with Gasteiger partial charge >= 0.3 is 12.1 Å². The van der Waals surface area contributed by atoms with Crippen LogP contribution in [0, 0.1) is 5.92 Å². The first-order valence-electron chi connectivity index (χ1n) is 6.81. The second kappa shape index (κ2) is 6.24. The van der Waals surface area contributed by atoms with Crippen LogP contribution >= 0.6 is 0 Å². The SMILES string of the molecule is CC(C)OC(=O)C1CN(C(=O)OC(C)(C)C)CCC1=O. The van der Waals surface area contributed by atoms with Crippen LogP contribution in [0.2, 0.25) is 0 Å². The number of amides is 1. The van der Waals surface area contributed by atoms with Gasteiger partial charge in [0.15, 0.2) is 5.78 Å². The molecule has 6 nitrogen and oxygen atoms in total. The molecule has 0 N–H and O–H groups in total.